The summed E-state index contributed by atoms with van der Waals surface area (Å²) in [4.78, 5) is 29.8. The molecule has 0 aliphatic rings. The second kappa shape index (κ2) is 4.41. The molecule has 2 aromatic heterocycles. The number of halogens is 2. The average molecular weight is 272 g/mol. The summed E-state index contributed by atoms with van der Waals surface area (Å²) >= 11 is 0. The van der Waals surface area contributed by atoms with Gasteiger partial charge >= 0.3 is 0 Å². The van der Waals surface area contributed by atoms with Crippen LogP contribution in [0.5, 0.6) is 0 Å². The van der Waals surface area contributed by atoms with Gasteiger partial charge in [-0.3, -0.25) is 19.6 Å². The highest BCUT2D eigenvalue weighted by Crippen LogP contribution is 2.31. The lowest BCUT2D eigenvalue weighted by molar-refractivity contribution is 0.111. The average Bonchev–Trinajstić information content (AvgIpc) is 2.50. The van der Waals surface area contributed by atoms with Crippen LogP contribution >= 0.6 is 0 Å². The Morgan fingerprint density at radius 2 is 1.20 bits per heavy atom. The Balaban J connectivity index is 2.69. The second-order valence-corrected chi connectivity index (χ2v) is 4.11. The van der Waals surface area contributed by atoms with Crippen LogP contribution in [0.15, 0.2) is 24.5 Å². The van der Waals surface area contributed by atoms with Crippen LogP contribution in [-0.4, -0.2) is 22.5 Å². The lowest BCUT2D eigenvalue weighted by Crippen LogP contribution is -2.00. The molecule has 0 spiro atoms. The third-order valence-corrected chi connectivity index (χ3v) is 3.08. The lowest BCUT2D eigenvalue weighted by Gasteiger charge is -2.08. The number of benzene rings is 1. The molecule has 20 heavy (non-hydrogen) atoms. The van der Waals surface area contributed by atoms with Crippen molar-refractivity contribution in [2.45, 2.75) is 0 Å². The summed E-state index contributed by atoms with van der Waals surface area (Å²) in [5.74, 6) is -2.42. The van der Waals surface area contributed by atoms with Crippen LogP contribution in [0, 0.1) is 11.6 Å². The van der Waals surface area contributed by atoms with E-state index in [2.05, 4.69) is 9.97 Å². The zero-order valence-electron chi connectivity index (χ0n) is 9.93. The Bertz CT molecular complexity index is 805. The number of rotatable bonds is 2. The van der Waals surface area contributed by atoms with E-state index in [1.807, 2.05) is 0 Å². The number of aromatic nitrogens is 2. The molecule has 6 heteroatoms. The number of nitrogens with zero attached hydrogens (tertiary/aromatic N) is 2. The van der Waals surface area contributed by atoms with Gasteiger partial charge in [0.25, 0.3) is 0 Å². The van der Waals surface area contributed by atoms with Gasteiger partial charge in [0, 0.05) is 23.5 Å². The first-order chi connectivity index (χ1) is 9.69. The molecule has 0 saturated heterocycles. The summed E-state index contributed by atoms with van der Waals surface area (Å²) in [6.07, 6.45) is 3.44. The van der Waals surface area contributed by atoms with Crippen LogP contribution in [-0.2, 0) is 0 Å². The van der Waals surface area contributed by atoms with Gasteiger partial charge in [0.05, 0.1) is 10.8 Å². The van der Waals surface area contributed by atoms with E-state index in [1.165, 1.54) is 24.5 Å². The normalized spacial score (nSPS) is 10.9. The molecule has 98 valence electrons. The minimum absolute atomic E-state index is 0.0217. The molecule has 0 bridgehead atoms. The zero-order valence-corrected chi connectivity index (χ0v) is 9.93. The van der Waals surface area contributed by atoms with Gasteiger partial charge in [0.15, 0.2) is 24.2 Å². The summed E-state index contributed by atoms with van der Waals surface area (Å²) in [5, 5.41) is -0.467. The van der Waals surface area contributed by atoms with E-state index in [1.54, 1.807) is 0 Å². The predicted molar refractivity (Wildman–Crippen MR) is 67.7 cm³/mol. The van der Waals surface area contributed by atoms with Crippen molar-refractivity contribution in [3.63, 3.8) is 0 Å². The molecule has 0 aliphatic heterocycles. The van der Waals surface area contributed by atoms with Crippen LogP contribution in [0.1, 0.15) is 20.7 Å². The quantitative estimate of drug-likeness (QED) is 0.531. The van der Waals surface area contributed by atoms with Crippen molar-refractivity contribution in [3.8, 4) is 0 Å². The number of carbonyl (C=O) groups is 2. The zero-order chi connectivity index (χ0) is 14.3. The van der Waals surface area contributed by atoms with Gasteiger partial charge in [-0.25, -0.2) is 8.78 Å². The molecule has 2 heterocycles. The smallest absolute Gasteiger partial charge is 0.169 e. The standard InChI is InChI=1S/C14H6F2N2O2/c15-11-9-7(5-19)1-3-17-13(9)14-10(12(11)16)8(6-20)2-4-18-14/h1-6H. The molecule has 0 fully saturated rings. The number of hydrogen-bond donors (Lipinski definition) is 0. The Kier molecular flexibility index (Phi) is 2.71. The fraction of sp³-hybridized carbons (Fsp3) is 0. The Hall–Kier alpha value is -2.76. The molecule has 3 aromatic rings. The first-order valence-corrected chi connectivity index (χ1v) is 5.63. The van der Waals surface area contributed by atoms with Crippen molar-refractivity contribution in [3.05, 3.63) is 47.3 Å². The predicted octanol–water partition coefficient (Wildman–Crippen LogP) is 2.69. The van der Waals surface area contributed by atoms with Gasteiger partial charge in [0.2, 0.25) is 0 Å². The molecule has 0 saturated carbocycles. The van der Waals surface area contributed by atoms with E-state index in [4.69, 9.17) is 0 Å². The molecule has 0 N–H and O–H groups in total. The van der Waals surface area contributed by atoms with E-state index in [0.29, 0.717) is 12.6 Å². The molecule has 0 unspecified atom stereocenters. The van der Waals surface area contributed by atoms with Crippen LogP contribution in [0.2, 0.25) is 0 Å². The largest absolute Gasteiger partial charge is 0.298 e. The maximum Gasteiger partial charge on any atom is 0.169 e. The van der Waals surface area contributed by atoms with Gasteiger partial charge in [-0.15, -0.1) is 0 Å². The molecular formula is C14H6F2N2O2. The van der Waals surface area contributed by atoms with Gasteiger partial charge in [0.1, 0.15) is 11.0 Å². The Morgan fingerprint density at radius 1 is 0.800 bits per heavy atom. The lowest BCUT2D eigenvalue weighted by atomic mass is 10.0. The van der Waals surface area contributed by atoms with Crippen molar-refractivity contribution in [2.75, 3.05) is 0 Å². The minimum Gasteiger partial charge on any atom is -0.298 e. The Labute approximate surface area is 111 Å². The topological polar surface area (TPSA) is 59.9 Å². The molecule has 0 atom stereocenters. The van der Waals surface area contributed by atoms with E-state index < -0.39 is 11.6 Å². The van der Waals surface area contributed by atoms with Gasteiger partial charge < -0.3 is 0 Å². The van der Waals surface area contributed by atoms with Crippen molar-refractivity contribution in [1.82, 2.24) is 9.97 Å². The summed E-state index contributed by atoms with van der Waals surface area (Å²) in [5.41, 5.74) is 0.0533. The van der Waals surface area contributed by atoms with Gasteiger partial charge in [-0.05, 0) is 12.1 Å². The highest BCUT2D eigenvalue weighted by atomic mass is 19.2. The molecule has 3 rings (SSSR count). The van der Waals surface area contributed by atoms with Crippen LogP contribution < -0.4 is 0 Å². The fourth-order valence-electron chi connectivity index (χ4n) is 2.19. The molecule has 1 aromatic carbocycles. The van der Waals surface area contributed by atoms with E-state index in [9.17, 15) is 18.4 Å². The van der Waals surface area contributed by atoms with E-state index >= 15 is 0 Å². The number of pyridine rings is 2. The van der Waals surface area contributed by atoms with Gasteiger partial charge in [-0.1, -0.05) is 0 Å². The summed E-state index contributed by atoms with van der Waals surface area (Å²) in [7, 11) is 0. The van der Waals surface area contributed by atoms with E-state index in [0.717, 1.165) is 0 Å². The highest BCUT2D eigenvalue weighted by molar-refractivity contribution is 6.12. The number of aldehydes is 2. The van der Waals surface area contributed by atoms with Crippen LogP contribution in [0.3, 0.4) is 0 Å². The molecule has 0 amide bonds. The minimum atomic E-state index is -1.21. The fourth-order valence-corrected chi connectivity index (χ4v) is 2.19. The van der Waals surface area contributed by atoms with Crippen molar-refractivity contribution in [2.24, 2.45) is 0 Å². The maximum atomic E-state index is 14.2. The van der Waals surface area contributed by atoms with Crippen molar-refractivity contribution in [1.29, 1.82) is 0 Å². The Morgan fingerprint density at radius 3 is 1.55 bits per heavy atom. The maximum absolute atomic E-state index is 14.2. The third-order valence-electron chi connectivity index (χ3n) is 3.08. The summed E-state index contributed by atoms with van der Waals surface area (Å²) in [6.45, 7) is 0. The second-order valence-electron chi connectivity index (χ2n) is 4.11. The van der Waals surface area contributed by atoms with Crippen molar-refractivity contribution >= 4 is 34.4 Å². The third kappa shape index (κ3) is 1.51. The highest BCUT2D eigenvalue weighted by Gasteiger charge is 2.20. The summed E-state index contributed by atoms with van der Waals surface area (Å²) < 4.78 is 28.3. The van der Waals surface area contributed by atoms with Crippen molar-refractivity contribution < 1.29 is 18.4 Å². The van der Waals surface area contributed by atoms with Crippen LogP contribution in [0.4, 0.5) is 8.78 Å². The molecular weight excluding hydrogens is 266 g/mol. The van der Waals surface area contributed by atoms with Crippen LogP contribution in [0.25, 0.3) is 21.8 Å². The SMILES string of the molecule is O=Cc1ccnc2c1c(F)c(F)c1c(C=O)ccnc12. The first kappa shape index (κ1) is 12.3. The monoisotopic (exact) mass is 272 g/mol. The summed E-state index contributed by atoms with van der Waals surface area (Å²) in [6, 6.07) is 2.57. The van der Waals surface area contributed by atoms with Gasteiger partial charge in [-0.2, -0.15) is 0 Å². The number of hydrogen-bond acceptors (Lipinski definition) is 4. The molecule has 0 radical (unpaired) electrons. The number of carbonyl (C=O) groups excluding carboxylic acids is 2. The van der Waals surface area contributed by atoms with E-state index in [-0.39, 0.29) is 32.9 Å². The molecule has 0 aliphatic carbocycles. The first-order valence-electron chi connectivity index (χ1n) is 5.63. The molecule has 4 nitrogen and oxygen atoms in total. The number of fused-ring (bicyclic) bond motifs is 3.